The van der Waals surface area contributed by atoms with Crippen molar-refractivity contribution >= 4 is 17.1 Å². The maximum atomic E-state index is 13.1. The largest absolute Gasteiger partial charge is 0.396 e. The highest BCUT2D eigenvalue weighted by atomic mass is 19.1. The second kappa shape index (κ2) is 4.18. The van der Waals surface area contributed by atoms with Crippen LogP contribution in [0.15, 0.2) is 42.5 Å². The van der Waals surface area contributed by atoms with Crippen LogP contribution in [-0.2, 0) is 0 Å². The molecule has 0 radical (unpaired) electrons. The minimum atomic E-state index is -0.480. The predicted octanol–water partition coefficient (Wildman–Crippen LogP) is 3.29. The van der Waals surface area contributed by atoms with E-state index < -0.39 is 5.82 Å². The third-order valence-corrected chi connectivity index (χ3v) is 2.13. The Balaban J connectivity index is 2.20. The molecule has 0 aliphatic carbocycles. The summed E-state index contributed by atoms with van der Waals surface area (Å²) in [6, 6.07) is 10.2. The van der Waals surface area contributed by atoms with Crippen LogP contribution in [0.4, 0.5) is 25.8 Å². The van der Waals surface area contributed by atoms with Crippen LogP contribution in [0.1, 0.15) is 0 Å². The number of nitrogens with one attached hydrogen (secondary N) is 1. The van der Waals surface area contributed by atoms with Gasteiger partial charge in [-0.15, -0.1) is 0 Å². The van der Waals surface area contributed by atoms with E-state index in [1.165, 1.54) is 24.3 Å². The van der Waals surface area contributed by atoms with Gasteiger partial charge in [0.05, 0.1) is 5.69 Å². The van der Waals surface area contributed by atoms with Gasteiger partial charge in [-0.2, -0.15) is 0 Å². The quantitative estimate of drug-likeness (QED) is 0.762. The molecule has 82 valence electrons. The van der Waals surface area contributed by atoms with Gasteiger partial charge in [-0.25, -0.2) is 8.78 Å². The summed E-state index contributed by atoms with van der Waals surface area (Å²) in [6.07, 6.45) is 0. The van der Waals surface area contributed by atoms with Crippen LogP contribution in [0, 0.1) is 11.6 Å². The van der Waals surface area contributed by atoms with Crippen molar-refractivity contribution in [2.75, 3.05) is 11.1 Å². The summed E-state index contributed by atoms with van der Waals surface area (Å²) in [5, 5.41) is 2.94. The molecule has 0 spiro atoms. The molecule has 0 aliphatic rings. The predicted molar refractivity (Wildman–Crippen MR) is 60.5 cm³/mol. The summed E-state index contributed by atoms with van der Waals surface area (Å²) in [4.78, 5) is 0. The zero-order chi connectivity index (χ0) is 11.5. The van der Waals surface area contributed by atoms with E-state index in [4.69, 9.17) is 5.73 Å². The minimum absolute atomic E-state index is 0.102. The van der Waals surface area contributed by atoms with E-state index in [1.807, 2.05) is 0 Å². The van der Waals surface area contributed by atoms with E-state index in [0.29, 0.717) is 11.4 Å². The highest BCUT2D eigenvalue weighted by Gasteiger charge is 2.00. The Kier molecular flexibility index (Phi) is 2.72. The number of benzene rings is 2. The Bertz CT molecular complexity index is 495. The minimum Gasteiger partial charge on any atom is -0.396 e. The van der Waals surface area contributed by atoms with Gasteiger partial charge in [0.25, 0.3) is 0 Å². The molecule has 2 aromatic rings. The number of anilines is 3. The molecular formula is C12H10F2N2. The zero-order valence-corrected chi connectivity index (χ0v) is 8.37. The normalized spacial score (nSPS) is 10.1. The fraction of sp³-hybridized carbons (Fsp3) is 0. The van der Waals surface area contributed by atoms with Crippen molar-refractivity contribution in [1.82, 2.24) is 0 Å². The van der Waals surface area contributed by atoms with Gasteiger partial charge in [-0.3, -0.25) is 0 Å². The molecule has 0 unspecified atom stereocenters. The molecule has 2 rings (SSSR count). The van der Waals surface area contributed by atoms with Crippen molar-refractivity contribution in [1.29, 1.82) is 0 Å². The lowest BCUT2D eigenvalue weighted by molar-refractivity contribution is 0.628. The van der Waals surface area contributed by atoms with Gasteiger partial charge in [0, 0.05) is 11.4 Å². The summed E-state index contributed by atoms with van der Waals surface area (Å²) in [7, 11) is 0. The van der Waals surface area contributed by atoms with E-state index in [0.717, 1.165) is 0 Å². The molecule has 16 heavy (non-hydrogen) atoms. The third kappa shape index (κ3) is 2.28. The first-order valence-corrected chi connectivity index (χ1v) is 4.73. The molecule has 0 bridgehead atoms. The summed E-state index contributed by atoms with van der Waals surface area (Å²) >= 11 is 0. The van der Waals surface area contributed by atoms with E-state index in [1.54, 1.807) is 18.2 Å². The topological polar surface area (TPSA) is 38.0 Å². The Morgan fingerprint density at radius 3 is 2.12 bits per heavy atom. The average Bonchev–Trinajstić information content (AvgIpc) is 2.27. The molecule has 3 N–H and O–H groups in total. The fourth-order valence-electron chi connectivity index (χ4n) is 1.30. The molecule has 0 heterocycles. The van der Waals surface area contributed by atoms with Crippen LogP contribution in [0.5, 0.6) is 0 Å². The molecule has 0 amide bonds. The number of nitrogen functional groups attached to an aromatic ring is 1. The first-order chi connectivity index (χ1) is 7.65. The lowest BCUT2D eigenvalue weighted by atomic mass is 10.2. The molecule has 0 saturated heterocycles. The number of rotatable bonds is 2. The highest BCUT2D eigenvalue weighted by Crippen LogP contribution is 2.20. The van der Waals surface area contributed by atoms with E-state index in [-0.39, 0.29) is 11.5 Å². The van der Waals surface area contributed by atoms with E-state index in [9.17, 15) is 8.78 Å². The monoisotopic (exact) mass is 220 g/mol. The Labute approximate surface area is 91.7 Å². The van der Waals surface area contributed by atoms with Crippen LogP contribution in [0.25, 0.3) is 0 Å². The van der Waals surface area contributed by atoms with Gasteiger partial charge in [0.1, 0.15) is 11.6 Å². The van der Waals surface area contributed by atoms with Gasteiger partial charge in [0.15, 0.2) is 0 Å². The smallest absolute Gasteiger partial charge is 0.148 e. The van der Waals surface area contributed by atoms with Gasteiger partial charge >= 0.3 is 0 Å². The Morgan fingerprint density at radius 2 is 1.50 bits per heavy atom. The lowest BCUT2D eigenvalue weighted by Crippen LogP contribution is -1.94. The molecule has 0 aromatic heterocycles. The molecule has 4 heteroatoms. The van der Waals surface area contributed by atoms with Crippen molar-refractivity contribution in [2.45, 2.75) is 0 Å². The van der Waals surface area contributed by atoms with Crippen molar-refractivity contribution < 1.29 is 8.78 Å². The van der Waals surface area contributed by atoms with Crippen molar-refractivity contribution in [3.05, 3.63) is 54.1 Å². The van der Waals surface area contributed by atoms with Crippen LogP contribution in [0.2, 0.25) is 0 Å². The molecular weight excluding hydrogens is 210 g/mol. The highest BCUT2D eigenvalue weighted by molar-refractivity contribution is 5.62. The first kappa shape index (κ1) is 10.4. The molecule has 0 aliphatic heterocycles. The van der Waals surface area contributed by atoms with Crippen LogP contribution < -0.4 is 11.1 Å². The van der Waals surface area contributed by atoms with E-state index in [2.05, 4.69) is 5.32 Å². The zero-order valence-electron chi connectivity index (χ0n) is 8.37. The SMILES string of the molecule is Nc1ccc(Nc2ccc(F)cc2)cc1F. The lowest BCUT2D eigenvalue weighted by Gasteiger charge is -2.07. The Morgan fingerprint density at radius 1 is 0.875 bits per heavy atom. The average molecular weight is 220 g/mol. The number of halogens is 2. The molecule has 0 atom stereocenters. The van der Waals surface area contributed by atoms with Crippen LogP contribution >= 0.6 is 0 Å². The van der Waals surface area contributed by atoms with Crippen LogP contribution in [-0.4, -0.2) is 0 Å². The maximum absolute atomic E-state index is 13.1. The maximum Gasteiger partial charge on any atom is 0.148 e. The van der Waals surface area contributed by atoms with Gasteiger partial charge < -0.3 is 11.1 Å². The molecule has 2 nitrogen and oxygen atoms in total. The van der Waals surface area contributed by atoms with Crippen LogP contribution in [0.3, 0.4) is 0 Å². The summed E-state index contributed by atoms with van der Waals surface area (Å²) in [5.41, 5.74) is 6.70. The second-order valence-corrected chi connectivity index (χ2v) is 3.37. The van der Waals surface area contributed by atoms with Crippen molar-refractivity contribution in [3.63, 3.8) is 0 Å². The summed E-state index contributed by atoms with van der Waals surface area (Å²) in [5.74, 6) is -0.791. The number of hydrogen-bond acceptors (Lipinski definition) is 2. The number of hydrogen-bond donors (Lipinski definition) is 2. The van der Waals surface area contributed by atoms with Gasteiger partial charge in [-0.05, 0) is 42.5 Å². The van der Waals surface area contributed by atoms with Crippen molar-refractivity contribution in [2.24, 2.45) is 0 Å². The van der Waals surface area contributed by atoms with E-state index >= 15 is 0 Å². The summed E-state index contributed by atoms with van der Waals surface area (Å²) < 4.78 is 25.8. The summed E-state index contributed by atoms with van der Waals surface area (Å²) in [6.45, 7) is 0. The second-order valence-electron chi connectivity index (χ2n) is 3.37. The molecule has 2 aromatic carbocycles. The van der Waals surface area contributed by atoms with Gasteiger partial charge in [0.2, 0.25) is 0 Å². The van der Waals surface area contributed by atoms with Crippen molar-refractivity contribution in [3.8, 4) is 0 Å². The third-order valence-electron chi connectivity index (χ3n) is 2.13. The number of nitrogens with two attached hydrogens (primary N) is 1. The molecule has 0 fully saturated rings. The molecule has 0 saturated carbocycles. The van der Waals surface area contributed by atoms with Gasteiger partial charge in [-0.1, -0.05) is 0 Å². The fourth-order valence-corrected chi connectivity index (χ4v) is 1.30. The first-order valence-electron chi connectivity index (χ1n) is 4.73. The standard InChI is InChI=1S/C12H10F2N2/c13-8-1-3-9(4-2-8)16-10-5-6-12(15)11(14)7-10/h1-7,16H,15H2. The Hall–Kier alpha value is -2.10.